The van der Waals surface area contributed by atoms with E-state index in [-0.39, 0.29) is 17.6 Å². The third-order valence-electron chi connectivity index (χ3n) is 8.78. The lowest BCUT2D eigenvalue weighted by molar-refractivity contribution is -0.131. The molecule has 4 bridgehead atoms. The van der Waals surface area contributed by atoms with E-state index in [1.54, 1.807) is 18.1 Å². The lowest BCUT2D eigenvalue weighted by atomic mass is 10.1. The van der Waals surface area contributed by atoms with Gasteiger partial charge in [-0.2, -0.15) is 5.10 Å². The number of rotatable bonds is 2. The molecule has 0 spiro atoms. The zero-order valence-corrected chi connectivity index (χ0v) is 25.4. The molecule has 0 aliphatic carbocycles. The molecular weight excluding hydrogens is 606 g/mol. The standard InChI is InChI=1S/C33H30F2N10O2/c1-42-10-12-47-13-11-43-19-38-26-6-2-4-22(30(26)43)25-5-3-7-29(41-25)40-21-15-28(33(42)46)44(17-21)31-23-16-39-45(32(23)37-18-36-31)27-9-8-20(34)14-24(27)35/h2-9,14,16,18-19,21,28H,10-13,15,17H2,1H3,(H,40,41)/t21-,28-/m0/s1. The predicted octanol–water partition coefficient (Wildman–Crippen LogP) is 4.05. The largest absolute Gasteiger partial charge is 0.378 e. The molecule has 0 saturated carbocycles. The van der Waals surface area contributed by atoms with Gasteiger partial charge in [-0.15, -0.1) is 0 Å². The molecule has 2 aliphatic rings. The fraction of sp³-hybridized carbons (Fsp3) is 0.273. The summed E-state index contributed by atoms with van der Waals surface area (Å²) in [5.74, 6) is -0.376. The molecule has 4 aromatic heterocycles. The Balaban J connectivity index is 1.18. The summed E-state index contributed by atoms with van der Waals surface area (Å²) >= 11 is 0. The maximum Gasteiger partial charge on any atom is 0.245 e. The summed E-state index contributed by atoms with van der Waals surface area (Å²) < 4.78 is 37.8. The Hall–Kier alpha value is -5.50. The van der Waals surface area contributed by atoms with Crippen molar-refractivity contribution in [2.75, 3.05) is 43.6 Å². The van der Waals surface area contributed by atoms with Gasteiger partial charge >= 0.3 is 0 Å². The summed E-state index contributed by atoms with van der Waals surface area (Å²) in [5.41, 5.74) is 4.01. The molecule has 238 valence electrons. The summed E-state index contributed by atoms with van der Waals surface area (Å²) in [6.45, 7) is 2.25. The summed E-state index contributed by atoms with van der Waals surface area (Å²) in [5, 5.41) is 8.47. The van der Waals surface area contributed by atoms with Crippen molar-refractivity contribution < 1.29 is 18.3 Å². The number of nitrogens with one attached hydrogen (secondary N) is 1. The van der Waals surface area contributed by atoms with E-state index in [2.05, 4.69) is 29.9 Å². The Kier molecular flexibility index (Phi) is 7.20. The van der Waals surface area contributed by atoms with Crippen LogP contribution in [0.5, 0.6) is 0 Å². The van der Waals surface area contributed by atoms with Gasteiger partial charge in [0.25, 0.3) is 0 Å². The molecule has 6 aromatic rings. The average Bonchev–Trinajstić information content (AvgIpc) is 3.81. The molecule has 47 heavy (non-hydrogen) atoms. The van der Waals surface area contributed by atoms with Crippen molar-refractivity contribution in [1.82, 2.24) is 39.2 Å². The highest BCUT2D eigenvalue weighted by Gasteiger charge is 2.40. The van der Waals surface area contributed by atoms with Gasteiger partial charge in [-0.3, -0.25) is 4.79 Å². The molecule has 2 atom stereocenters. The molecule has 0 radical (unpaired) electrons. The number of hydrogen-bond donors (Lipinski definition) is 1. The highest BCUT2D eigenvalue weighted by molar-refractivity contribution is 5.93. The van der Waals surface area contributed by atoms with Gasteiger partial charge in [0, 0.05) is 44.4 Å². The first kappa shape index (κ1) is 28.9. The molecule has 1 saturated heterocycles. The molecule has 1 fully saturated rings. The Morgan fingerprint density at radius 2 is 1.87 bits per heavy atom. The van der Waals surface area contributed by atoms with E-state index in [0.717, 1.165) is 28.4 Å². The number of benzene rings is 2. The second kappa shape index (κ2) is 11.7. The van der Waals surface area contributed by atoms with Crippen molar-refractivity contribution in [1.29, 1.82) is 0 Å². The van der Waals surface area contributed by atoms with Crippen LogP contribution in [-0.2, 0) is 16.1 Å². The second-order valence-electron chi connectivity index (χ2n) is 11.7. The number of likely N-dealkylation sites (N-methyl/N-ethyl adjacent to an activating group) is 1. The molecule has 8 rings (SSSR count). The lowest BCUT2D eigenvalue weighted by Gasteiger charge is -2.28. The number of carbonyl (C=O) groups is 1. The van der Waals surface area contributed by atoms with Crippen molar-refractivity contribution in [3.63, 3.8) is 0 Å². The van der Waals surface area contributed by atoms with Crippen LogP contribution in [0.1, 0.15) is 6.42 Å². The number of imidazole rings is 1. The molecule has 1 N–H and O–H groups in total. The number of amides is 1. The van der Waals surface area contributed by atoms with Gasteiger partial charge in [0.2, 0.25) is 5.91 Å². The Bertz CT molecular complexity index is 2130. The fourth-order valence-corrected chi connectivity index (χ4v) is 6.51. The SMILES string of the molecule is CN1CCOCCn2cnc3cccc(c32)-c2cccc(n2)N[C@H]2C[C@@H](C1=O)N(c1ncnc3c1cnn3-c1ccc(F)cc1F)C2. The molecule has 0 unspecified atom stereocenters. The monoisotopic (exact) mass is 636 g/mol. The number of nitrogens with zero attached hydrogens (tertiary/aromatic N) is 9. The van der Waals surface area contributed by atoms with Gasteiger partial charge in [-0.05, 0) is 36.8 Å². The second-order valence-corrected chi connectivity index (χ2v) is 11.7. The van der Waals surface area contributed by atoms with Crippen LogP contribution in [0.4, 0.5) is 20.4 Å². The Morgan fingerprint density at radius 3 is 2.77 bits per heavy atom. The van der Waals surface area contributed by atoms with Crippen molar-refractivity contribution in [2.45, 2.75) is 25.0 Å². The first-order chi connectivity index (χ1) is 22.9. The van der Waals surface area contributed by atoms with Gasteiger partial charge in [-0.1, -0.05) is 18.2 Å². The number of fused-ring (bicyclic) bond motifs is 6. The summed E-state index contributed by atoms with van der Waals surface area (Å²) in [7, 11) is 1.77. The van der Waals surface area contributed by atoms with E-state index >= 15 is 0 Å². The van der Waals surface area contributed by atoms with E-state index < -0.39 is 17.7 Å². The van der Waals surface area contributed by atoms with Crippen LogP contribution in [0.15, 0.2) is 73.4 Å². The van der Waals surface area contributed by atoms with Crippen LogP contribution in [0.3, 0.4) is 0 Å². The van der Waals surface area contributed by atoms with E-state index in [0.29, 0.717) is 61.9 Å². The van der Waals surface area contributed by atoms with Gasteiger partial charge in [0.05, 0.1) is 47.9 Å². The maximum atomic E-state index is 14.8. The summed E-state index contributed by atoms with van der Waals surface area (Å²) in [4.78, 5) is 36.2. The van der Waals surface area contributed by atoms with Crippen LogP contribution in [0.25, 0.3) is 39.0 Å². The van der Waals surface area contributed by atoms with E-state index in [4.69, 9.17) is 9.72 Å². The third kappa shape index (κ3) is 5.19. The van der Waals surface area contributed by atoms with E-state index in [1.165, 1.54) is 23.1 Å². The number of anilines is 2. The van der Waals surface area contributed by atoms with Gasteiger partial charge in [-0.25, -0.2) is 33.4 Å². The summed E-state index contributed by atoms with van der Waals surface area (Å²) in [6.07, 6.45) is 5.21. The normalized spacial score (nSPS) is 18.9. The highest BCUT2D eigenvalue weighted by atomic mass is 19.1. The zero-order chi connectivity index (χ0) is 32.1. The van der Waals surface area contributed by atoms with Crippen molar-refractivity contribution in [2.24, 2.45) is 0 Å². The smallest absolute Gasteiger partial charge is 0.245 e. The van der Waals surface area contributed by atoms with E-state index in [9.17, 15) is 13.6 Å². The molecule has 14 heteroatoms. The minimum Gasteiger partial charge on any atom is -0.378 e. The molecule has 2 aromatic carbocycles. The van der Waals surface area contributed by atoms with Gasteiger partial charge in [0.15, 0.2) is 11.5 Å². The number of ether oxygens (including phenoxy) is 1. The van der Waals surface area contributed by atoms with Crippen molar-refractivity contribution in [3.05, 3.63) is 85.1 Å². The zero-order valence-electron chi connectivity index (χ0n) is 25.4. The summed E-state index contributed by atoms with van der Waals surface area (Å²) in [6, 6.07) is 14.4. The molecule has 12 nitrogen and oxygen atoms in total. The molecule has 2 aliphatic heterocycles. The number of hydrogen-bond acceptors (Lipinski definition) is 9. The minimum atomic E-state index is -0.771. The van der Waals surface area contributed by atoms with Crippen LogP contribution >= 0.6 is 0 Å². The van der Waals surface area contributed by atoms with Crippen LogP contribution in [0, 0.1) is 11.6 Å². The lowest BCUT2D eigenvalue weighted by Crippen LogP contribution is -2.45. The number of carbonyl (C=O) groups excluding carboxylic acids is 1. The highest BCUT2D eigenvalue weighted by Crippen LogP contribution is 2.33. The Labute approximate surface area is 267 Å². The van der Waals surface area contributed by atoms with Crippen molar-refractivity contribution in [3.8, 4) is 16.9 Å². The van der Waals surface area contributed by atoms with Crippen LogP contribution < -0.4 is 10.2 Å². The fourth-order valence-electron chi connectivity index (χ4n) is 6.51. The number of pyridine rings is 1. The van der Waals surface area contributed by atoms with E-state index in [1.807, 2.05) is 47.6 Å². The topological polar surface area (TPSA) is 119 Å². The number of aromatic nitrogens is 7. The van der Waals surface area contributed by atoms with Crippen LogP contribution in [-0.4, -0.2) is 90.5 Å². The number of para-hydroxylation sites is 1. The molecule has 6 heterocycles. The molecule has 1 amide bonds. The first-order valence-corrected chi connectivity index (χ1v) is 15.4. The quantitative estimate of drug-likeness (QED) is 0.300. The predicted molar refractivity (Wildman–Crippen MR) is 171 cm³/mol. The first-order valence-electron chi connectivity index (χ1n) is 15.4. The van der Waals surface area contributed by atoms with Crippen molar-refractivity contribution >= 4 is 39.6 Å². The number of halogens is 2. The van der Waals surface area contributed by atoms with Gasteiger partial charge < -0.3 is 24.4 Å². The molecular formula is C33H30F2N10O2. The van der Waals surface area contributed by atoms with Gasteiger partial charge in [0.1, 0.15) is 35.5 Å². The Morgan fingerprint density at radius 1 is 1.00 bits per heavy atom. The third-order valence-corrected chi connectivity index (χ3v) is 8.78. The van der Waals surface area contributed by atoms with Crippen LogP contribution in [0.2, 0.25) is 0 Å². The minimum absolute atomic E-state index is 0.0530. The average molecular weight is 637 g/mol. The maximum absolute atomic E-state index is 14.8.